The largest absolute Gasteiger partial charge is 0.365 e. The molecular weight excluding hydrogens is 240 g/mol. The fraction of sp³-hybridized carbons (Fsp3) is 0.714. The molecule has 1 heterocycles. The summed E-state index contributed by atoms with van der Waals surface area (Å²) in [5, 5.41) is 3.21. The first-order chi connectivity index (χ1) is 9.25. The van der Waals surface area contributed by atoms with E-state index in [4.69, 9.17) is 5.73 Å². The Labute approximate surface area is 113 Å². The summed E-state index contributed by atoms with van der Waals surface area (Å²) >= 11 is 0. The van der Waals surface area contributed by atoms with Crippen molar-refractivity contribution in [2.24, 2.45) is 11.7 Å². The van der Waals surface area contributed by atoms with Crippen LogP contribution in [0, 0.1) is 5.92 Å². The minimum absolute atomic E-state index is 0.00869. The van der Waals surface area contributed by atoms with Crippen molar-refractivity contribution in [1.29, 1.82) is 0 Å². The molecule has 5 nitrogen and oxygen atoms in total. The molecule has 2 atom stereocenters. The molecular formula is C14H22N4O. The average Bonchev–Trinajstić information content (AvgIpc) is 3.24. The van der Waals surface area contributed by atoms with E-state index in [2.05, 4.69) is 10.3 Å². The Bertz CT molecular complexity index is 494. The van der Waals surface area contributed by atoms with Crippen LogP contribution < -0.4 is 16.6 Å². The number of nitrogens with zero attached hydrogens (tertiary/aromatic N) is 2. The van der Waals surface area contributed by atoms with E-state index in [1.54, 1.807) is 17.0 Å². The van der Waals surface area contributed by atoms with Gasteiger partial charge in [-0.3, -0.25) is 4.79 Å². The highest BCUT2D eigenvalue weighted by atomic mass is 16.1. The van der Waals surface area contributed by atoms with Crippen LogP contribution >= 0.6 is 0 Å². The molecule has 3 rings (SSSR count). The summed E-state index contributed by atoms with van der Waals surface area (Å²) in [6.07, 6.45) is 10.4. The van der Waals surface area contributed by atoms with Crippen molar-refractivity contribution < 1.29 is 0 Å². The smallest absolute Gasteiger partial charge is 0.293 e. The minimum atomic E-state index is 0.00869. The van der Waals surface area contributed by atoms with Crippen LogP contribution in [0.3, 0.4) is 0 Å². The SMILES string of the molecule is NC1CCCCC1CNc1nccn(C2CC2)c1=O. The van der Waals surface area contributed by atoms with Gasteiger partial charge in [0, 0.05) is 31.0 Å². The summed E-state index contributed by atoms with van der Waals surface area (Å²) in [6.45, 7) is 0.762. The third-order valence-electron chi connectivity index (χ3n) is 4.31. The number of nitrogens with one attached hydrogen (secondary N) is 1. The van der Waals surface area contributed by atoms with Gasteiger partial charge < -0.3 is 15.6 Å². The maximum Gasteiger partial charge on any atom is 0.293 e. The van der Waals surface area contributed by atoms with Crippen molar-refractivity contribution in [3.8, 4) is 0 Å². The Hall–Kier alpha value is -1.36. The van der Waals surface area contributed by atoms with Crippen LogP contribution in [-0.2, 0) is 0 Å². The van der Waals surface area contributed by atoms with Gasteiger partial charge >= 0.3 is 0 Å². The van der Waals surface area contributed by atoms with Gasteiger partial charge in [0.1, 0.15) is 0 Å². The van der Waals surface area contributed by atoms with Crippen LogP contribution in [0.4, 0.5) is 5.82 Å². The number of nitrogens with two attached hydrogens (primary N) is 1. The average molecular weight is 262 g/mol. The van der Waals surface area contributed by atoms with Gasteiger partial charge in [0.2, 0.25) is 0 Å². The molecule has 1 aromatic heterocycles. The summed E-state index contributed by atoms with van der Waals surface area (Å²) in [7, 11) is 0. The monoisotopic (exact) mass is 262 g/mol. The predicted octanol–water partition coefficient (Wildman–Crippen LogP) is 1.51. The van der Waals surface area contributed by atoms with Crippen LogP contribution in [0.25, 0.3) is 0 Å². The first-order valence-corrected chi connectivity index (χ1v) is 7.32. The second kappa shape index (κ2) is 5.33. The molecule has 2 fully saturated rings. The second-order valence-electron chi connectivity index (χ2n) is 5.81. The van der Waals surface area contributed by atoms with Gasteiger partial charge in [-0.2, -0.15) is 0 Å². The zero-order valence-corrected chi connectivity index (χ0v) is 11.2. The lowest BCUT2D eigenvalue weighted by Crippen LogP contribution is -2.38. The van der Waals surface area contributed by atoms with Gasteiger partial charge in [-0.1, -0.05) is 12.8 Å². The quantitative estimate of drug-likeness (QED) is 0.862. The van der Waals surface area contributed by atoms with Gasteiger partial charge in [0.15, 0.2) is 5.82 Å². The Balaban J connectivity index is 1.66. The van der Waals surface area contributed by atoms with Crippen LogP contribution in [0.2, 0.25) is 0 Å². The lowest BCUT2D eigenvalue weighted by molar-refractivity contribution is 0.321. The van der Waals surface area contributed by atoms with Crippen molar-refractivity contribution in [3.63, 3.8) is 0 Å². The number of aromatic nitrogens is 2. The Morgan fingerprint density at radius 2 is 2.11 bits per heavy atom. The molecule has 2 saturated carbocycles. The van der Waals surface area contributed by atoms with E-state index in [0.717, 1.165) is 32.2 Å². The number of anilines is 1. The maximum atomic E-state index is 12.2. The Morgan fingerprint density at radius 1 is 1.32 bits per heavy atom. The van der Waals surface area contributed by atoms with Crippen LogP contribution in [0.15, 0.2) is 17.2 Å². The summed E-state index contributed by atoms with van der Waals surface area (Å²) in [5.74, 6) is 0.941. The third kappa shape index (κ3) is 2.81. The van der Waals surface area contributed by atoms with E-state index >= 15 is 0 Å². The molecule has 2 aliphatic rings. The molecule has 0 spiro atoms. The fourth-order valence-corrected chi connectivity index (χ4v) is 2.90. The summed E-state index contributed by atoms with van der Waals surface area (Å²) < 4.78 is 1.80. The van der Waals surface area contributed by atoms with Crippen LogP contribution in [0.5, 0.6) is 0 Å². The van der Waals surface area contributed by atoms with Crippen molar-refractivity contribution >= 4 is 5.82 Å². The van der Waals surface area contributed by atoms with Crippen molar-refractivity contribution in [1.82, 2.24) is 9.55 Å². The molecule has 104 valence electrons. The normalized spacial score (nSPS) is 27.2. The highest BCUT2D eigenvalue weighted by molar-refractivity contribution is 5.31. The molecule has 0 aromatic carbocycles. The maximum absolute atomic E-state index is 12.2. The van der Waals surface area contributed by atoms with Crippen LogP contribution in [0.1, 0.15) is 44.6 Å². The zero-order valence-electron chi connectivity index (χ0n) is 11.2. The first kappa shape index (κ1) is 12.7. The molecule has 1 aromatic rings. The molecule has 0 radical (unpaired) electrons. The molecule has 3 N–H and O–H groups in total. The van der Waals surface area contributed by atoms with Gasteiger partial charge in [-0.15, -0.1) is 0 Å². The summed E-state index contributed by atoms with van der Waals surface area (Å²) in [6, 6.07) is 0.656. The summed E-state index contributed by atoms with van der Waals surface area (Å²) in [4.78, 5) is 16.4. The van der Waals surface area contributed by atoms with Crippen molar-refractivity contribution in [3.05, 3.63) is 22.7 Å². The second-order valence-corrected chi connectivity index (χ2v) is 5.81. The van der Waals surface area contributed by atoms with E-state index in [9.17, 15) is 4.79 Å². The number of hydrogen-bond acceptors (Lipinski definition) is 4. The van der Waals surface area contributed by atoms with Crippen LogP contribution in [-0.4, -0.2) is 22.1 Å². The minimum Gasteiger partial charge on any atom is -0.365 e. The Kier molecular flexibility index (Phi) is 3.55. The van der Waals surface area contributed by atoms with Crippen molar-refractivity contribution in [2.45, 2.75) is 50.6 Å². The van der Waals surface area contributed by atoms with Gasteiger partial charge in [0.25, 0.3) is 5.56 Å². The van der Waals surface area contributed by atoms with E-state index in [-0.39, 0.29) is 11.6 Å². The molecule has 5 heteroatoms. The predicted molar refractivity (Wildman–Crippen MR) is 75.2 cm³/mol. The van der Waals surface area contributed by atoms with Gasteiger partial charge in [-0.05, 0) is 31.6 Å². The number of hydrogen-bond donors (Lipinski definition) is 2. The van der Waals surface area contributed by atoms with Gasteiger partial charge in [-0.25, -0.2) is 4.98 Å². The molecule has 0 bridgehead atoms. The molecule has 0 aliphatic heterocycles. The zero-order chi connectivity index (χ0) is 13.2. The highest BCUT2D eigenvalue weighted by Gasteiger charge is 2.26. The molecule has 2 aliphatic carbocycles. The molecule has 0 amide bonds. The lowest BCUT2D eigenvalue weighted by Gasteiger charge is -2.28. The van der Waals surface area contributed by atoms with Gasteiger partial charge in [0.05, 0.1) is 0 Å². The molecule has 0 saturated heterocycles. The summed E-state index contributed by atoms with van der Waals surface area (Å²) in [5.41, 5.74) is 6.13. The number of rotatable bonds is 4. The van der Waals surface area contributed by atoms with E-state index in [1.807, 2.05) is 0 Å². The van der Waals surface area contributed by atoms with E-state index in [0.29, 0.717) is 17.8 Å². The topological polar surface area (TPSA) is 72.9 Å². The Morgan fingerprint density at radius 3 is 2.84 bits per heavy atom. The fourth-order valence-electron chi connectivity index (χ4n) is 2.90. The lowest BCUT2D eigenvalue weighted by atomic mass is 9.85. The van der Waals surface area contributed by atoms with E-state index in [1.165, 1.54) is 12.8 Å². The van der Waals surface area contributed by atoms with E-state index < -0.39 is 0 Å². The third-order valence-corrected chi connectivity index (χ3v) is 4.31. The molecule has 2 unspecified atom stereocenters. The first-order valence-electron chi connectivity index (χ1n) is 7.32. The molecule has 19 heavy (non-hydrogen) atoms. The van der Waals surface area contributed by atoms with Crippen molar-refractivity contribution in [2.75, 3.05) is 11.9 Å². The standard InChI is InChI=1S/C14H22N4O/c15-12-4-2-1-3-10(12)9-17-13-14(19)18(8-7-16-13)11-5-6-11/h7-8,10-12H,1-6,9,15H2,(H,16,17). The highest BCUT2D eigenvalue weighted by Crippen LogP contribution is 2.33.